The highest BCUT2D eigenvalue weighted by molar-refractivity contribution is 7.14. The zero-order chi connectivity index (χ0) is 18.8. The first-order valence-corrected chi connectivity index (χ1v) is 9.56. The maximum Gasteiger partial charge on any atom is 0.185 e. The van der Waals surface area contributed by atoms with Gasteiger partial charge in [0.25, 0.3) is 0 Å². The Hall–Kier alpha value is -3.00. The molecule has 3 aromatic rings. The van der Waals surface area contributed by atoms with Crippen LogP contribution in [0.1, 0.15) is 23.7 Å². The SMILES string of the molecule is CC(C)N=C(N=CN)c1nc2c(s1)CCOc1cc(-c3ccn[nH]3)ccc1-2. The Morgan fingerprint density at radius 2 is 2.26 bits per heavy atom. The van der Waals surface area contributed by atoms with E-state index in [1.54, 1.807) is 17.5 Å². The summed E-state index contributed by atoms with van der Waals surface area (Å²) in [4.78, 5) is 14.8. The molecule has 0 saturated carbocycles. The number of hydrogen-bond donors (Lipinski definition) is 2. The minimum Gasteiger partial charge on any atom is -0.492 e. The molecule has 8 heteroatoms. The average Bonchev–Trinajstić information content (AvgIpc) is 3.29. The number of H-pyrrole nitrogens is 1. The molecule has 0 amide bonds. The Balaban J connectivity index is 1.78. The molecule has 0 spiro atoms. The third-order valence-electron chi connectivity index (χ3n) is 4.10. The molecule has 1 aromatic carbocycles. The second-order valence-electron chi connectivity index (χ2n) is 6.40. The van der Waals surface area contributed by atoms with E-state index in [1.165, 1.54) is 11.2 Å². The molecule has 0 fully saturated rings. The molecule has 27 heavy (non-hydrogen) atoms. The van der Waals surface area contributed by atoms with Crippen LogP contribution in [0.5, 0.6) is 5.75 Å². The van der Waals surface area contributed by atoms with Crippen LogP contribution in [0.3, 0.4) is 0 Å². The number of fused-ring (bicyclic) bond motifs is 3. The van der Waals surface area contributed by atoms with Crippen LogP contribution in [-0.2, 0) is 6.42 Å². The highest BCUT2D eigenvalue weighted by Gasteiger charge is 2.22. The Morgan fingerprint density at radius 3 is 3.00 bits per heavy atom. The number of aromatic amines is 1. The number of ether oxygens (including phenoxy) is 1. The van der Waals surface area contributed by atoms with Gasteiger partial charge in [0.1, 0.15) is 5.75 Å². The van der Waals surface area contributed by atoms with E-state index in [1.807, 2.05) is 38.1 Å². The van der Waals surface area contributed by atoms with E-state index >= 15 is 0 Å². The fourth-order valence-electron chi connectivity index (χ4n) is 2.96. The van der Waals surface area contributed by atoms with Gasteiger partial charge >= 0.3 is 0 Å². The fourth-order valence-corrected chi connectivity index (χ4v) is 3.97. The Kier molecular flexibility index (Phi) is 4.72. The third kappa shape index (κ3) is 3.48. The van der Waals surface area contributed by atoms with Crippen LogP contribution in [0, 0.1) is 0 Å². The molecule has 1 aliphatic heterocycles. The average molecular weight is 380 g/mol. The molecule has 1 aliphatic rings. The van der Waals surface area contributed by atoms with Gasteiger partial charge in [-0.2, -0.15) is 5.10 Å². The molecule has 7 nitrogen and oxygen atoms in total. The lowest BCUT2D eigenvalue weighted by atomic mass is 10.0. The van der Waals surface area contributed by atoms with Crippen molar-refractivity contribution in [3.8, 4) is 28.3 Å². The van der Waals surface area contributed by atoms with Crippen molar-refractivity contribution >= 4 is 23.5 Å². The van der Waals surface area contributed by atoms with Gasteiger partial charge in [0, 0.05) is 34.7 Å². The normalized spacial score (nSPS) is 14.1. The first-order chi connectivity index (χ1) is 13.2. The topological polar surface area (TPSA) is 102 Å². The van der Waals surface area contributed by atoms with Gasteiger partial charge in [-0.05, 0) is 32.0 Å². The maximum atomic E-state index is 5.99. The zero-order valence-electron chi connectivity index (χ0n) is 15.1. The van der Waals surface area contributed by atoms with Crippen LogP contribution >= 0.6 is 11.3 Å². The van der Waals surface area contributed by atoms with E-state index in [2.05, 4.69) is 20.2 Å². The highest BCUT2D eigenvalue weighted by atomic mass is 32.1. The van der Waals surface area contributed by atoms with E-state index in [9.17, 15) is 0 Å². The van der Waals surface area contributed by atoms with E-state index in [-0.39, 0.29) is 6.04 Å². The van der Waals surface area contributed by atoms with Gasteiger partial charge in [-0.1, -0.05) is 6.07 Å². The number of nitrogens with two attached hydrogens (primary N) is 1. The molecule has 0 aliphatic carbocycles. The molecular formula is C19H20N6OS. The number of aromatic nitrogens is 3. The molecule has 138 valence electrons. The number of amidine groups is 1. The smallest absolute Gasteiger partial charge is 0.185 e. The Morgan fingerprint density at radius 1 is 1.37 bits per heavy atom. The predicted molar refractivity (Wildman–Crippen MR) is 109 cm³/mol. The third-order valence-corrected chi connectivity index (χ3v) is 5.21. The molecular weight excluding hydrogens is 360 g/mol. The largest absolute Gasteiger partial charge is 0.492 e. The van der Waals surface area contributed by atoms with E-state index in [0.29, 0.717) is 12.4 Å². The summed E-state index contributed by atoms with van der Waals surface area (Å²) in [5.41, 5.74) is 9.40. The number of benzene rings is 1. The zero-order valence-corrected chi connectivity index (χ0v) is 16.0. The van der Waals surface area contributed by atoms with Gasteiger partial charge in [-0.25, -0.2) is 9.98 Å². The molecule has 0 atom stereocenters. The monoisotopic (exact) mass is 380 g/mol. The van der Waals surface area contributed by atoms with Crippen molar-refractivity contribution in [2.75, 3.05) is 6.61 Å². The predicted octanol–water partition coefficient (Wildman–Crippen LogP) is 3.28. The molecule has 2 aromatic heterocycles. The summed E-state index contributed by atoms with van der Waals surface area (Å²) < 4.78 is 5.99. The number of aliphatic imine (C=N–C) groups is 2. The van der Waals surface area contributed by atoms with Crippen molar-refractivity contribution in [2.24, 2.45) is 15.7 Å². The van der Waals surface area contributed by atoms with Crippen molar-refractivity contribution < 1.29 is 4.74 Å². The summed E-state index contributed by atoms with van der Waals surface area (Å²) in [6.07, 6.45) is 3.80. The summed E-state index contributed by atoms with van der Waals surface area (Å²) in [6.45, 7) is 4.61. The molecule has 3 N–H and O–H groups in total. The lowest BCUT2D eigenvalue weighted by Crippen LogP contribution is -2.05. The number of nitrogens with one attached hydrogen (secondary N) is 1. The van der Waals surface area contributed by atoms with Gasteiger partial charge in [-0.3, -0.25) is 10.1 Å². The maximum absolute atomic E-state index is 5.99. The van der Waals surface area contributed by atoms with Crippen LogP contribution in [-0.4, -0.2) is 40.0 Å². The summed E-state index contributed by atoms with van der Waals surface area (Å²) in [6, 6.07) is 8.16. The summed E-state index contributed by atoms with van der Waals surface area (Å²) >= 11 is 1.60. The number of thiazole rings is 1. The quantitative estimate of drug-likeness (QED) is 0.538. The van der Waals surface area contributed by atoms with Gasteiger partial charge < -0.3 is 10.5 Å². The highest BCUT2D eigenvalue weighted by Crippen LogP contribution is 2.39. The second-order valence-corrected chi connectivity index (χ2v) is 7.48. The molecule has 3 heterocycles. The molecule has 0 bridgehead atoms. The molecule has 0 saturated heterocycles. The van der Waals surface area contributed by atoms with Gasteiger partial charge in [-0.15, -0.1) is 11.3 Å². The summed E-state index contributed by atoms with van der Waals surface area (Å²) in [5, 5.41) is 7.78. The molecule has 0 radical (unpaired) electrons. The van der Waals surface area contributed by atoms with Crippen molar-refractivity contribution in [3.05, 3.63) is 40.3 Å². The molecule has 0 unspecified atom stereocenters. The Labute approximate surface area is 161 Å². The minimum atomic E-state index is 0.111. The van der Waals surface area contributed by atoms with Crippen LogP contribution in [0.25, 0.3) is 22.5 Å². The van der Waals surface area contributed by atoms with Gasteiger partial charge in [0.15, 0.2) is 10.8 Å². The van der Waals surface area contributed by atoms with E-state index < -0.39 is 0 Å². The number of hydrogen-bond acceptors (Lipinski definition) is 5. The minimum absolute atomic E-state index is 0.111. The first kappa shape index (κ1) is 17.4. The van der Waals surface area contributed by atoms with E-state index in [0.717, 1.165) is 39.7 Å². The van der Waals surface area contributed by atoms with Crippen LogP contribution in [0.2, 0.25) is 0 Å². The first-order valence-electron chi connectivity index (χ1n) is 8.75. The van der Waals surface area contributed by atoms with Crippen molar-refractivity contribution in [3.63, 3.8) is 0 Å². The van der Waals surface area contributed by atoms with Crippen LogP contribution in [0.4, 0.5) is 0 Å². The van der Waals surface area contributed by atoms with Crippen molar-refractivity contribution in [2.45, 2.75) is 26.3 Å². The lowest BCUT2D eigenvalue weighted by Gasteiger charge is -2.09. The fraction of sp³-hybridized carbons (Fsp3) is 0.263. The lowest BCUT2D eigenvalue weighted by molar-refractivity contribution is 0.327. The molecule has 4 rings (SSSR count). The summed E-state index contributed by atoms with van der Waals surface area (Å²) in [7, 11) is 0. The Bertz CT molecular complexity index is 1000. The van der Waals surface area contributed by atoms with Crippen molar-refractivity contribution in [1.29, 1.82) is 0 Å². The second kappa shape index (κ2) is 7.32. The number of rotatable bonds is 3. The van der Waals surface area contributed by atoms with Crippen molar-refractivity contribution in [1.82, 2.24) is 15.2 Å². The van der Waals surface area contributed by atoms with Crippen LogP contribution < -0.4 is 10.5 Å². The van der Waals surface area contributed by atoms with Crippen LogP contribution in [0.15, 0.2) is 40.4 Å². The summed E-state index contributed by atoms with van der Waals surface area (Å²) in [5.74, 6) is 1.39. The number of nitrogens with zero attached hydrogens (tertiary/aromatic N) is 4. The van der Waals surface area contributed by atoms with Gasteiger partial charge in [0.2, 0.25) is 0 Å². The standard InChI is InChI=1S/C19H20N6OS/c1-11(2)23-18(21-10-20)19-24-17-13-4-3-12(14-5-7-22-25-14)9-15(13)26-8-6-16(17)27-19/h3-5,7,9-11H,6,8H2,1-2H3,(H,22,25)(H2,20,21,23). The van der Waals surface area contributed by atoms with Gasteiger partial charge in [0.05, 0.1) is 24.3 Å². The van der Waals surface area contributed by atoms with E-state index in [4.69, 9.17) is 15.5 Å².